The molecule has 0 aromatic heterocycles. The number of rotatable bonds is 7. The lowest BCUT2D eigenvalue weighted by Gasteiger charge is -2.26. The topological polar surface area (TPSA) is 92.4 Å². The third kappa shape index (κ3) is 3.57. The summed E-state index contributed by atoms with van der Waals surface area (Å²) in [6.07, 6.45) is 0.955. The van der Waals surface area contributed by atoms with Gasteiger partial charge in [0.2, 0.25) is 0 Å². The highest BCUT2D eigenvalue weighted by Gasteiger charge is 2.35. The number of carbonyl (C=O) groups excluding carboxylic acids is 1. The summed E-state index contributed by atoms with van der Waals surface area (Å²) < 4.78 is 0. The van der Waals surface area contributed by atoms with Crippen molar-refractivity contribution in [1.29, 1.82) is 0 Å². The van der Waals surface area contributed by atoms with Crippen LogP contribution < -0.4 is 11.1 Å². The summed E-state index contributed by atoms with van der Waals surface area (Å²) in [5.74, 6) is -1.14. The van der Waals surface area contributed by atoms with Gasteiger partial charge in [0.05, 0.1) is 5.41 Å². The monoisotopic (exact) mass is 278 g/mol. The molecule has 0 saturated heterocycles. The lowest BCUT2D eigenvalue weighted by Crippen LogP contribution is -2.42. The van der Waals surface area contributed by atoms with E-state index in [1.807, 2.05) is 13.8 Å². The Morgan fingerprint density at radius 1 is 1.20 bits per heavy atom. The molecule has 1 aromatic rings. The zero-order valence-electron chi connectivity index (χ0n) is 12.0. The number of benzene rings is 1. The Balaban J connectivity index is 2.72. The van der Waals surface area contributed by atoms with E-state index in [1.54, 1.807) is 24.3 Å². The molecule has 0 bridgehead atoms. The van der Waals surface area contributed by atoms with E-state index in [0.29, 0.717) is 24.9 Å². The number of aliphatic carboxylic acids is 1. The van der Waals surface area contributed by atoms with Gasteiger partial charge >= 0.3 is 5.97 Å². The largest absolute Gasteiger partial charge is 0.481 e. The van der Waals surface area contributed by atoms with Crippen LogP contribution in [0.25, 0.3) is 0 Å². The Morgan fingerprint density at radius 3 is 2.15 bits per heavy atom. The van der Waals surface area contributed by atoms with Crippen molar-refractivity contribution in [3.05, 3.63) is 35.4 Å². The van der Waals surface area contributed by atoms with Gasteiger partial charge < -0.3 is 16.2 Å². The maximum atomic E-state index is 12.0. The predicted octanol–water partition coefficient (Wildman–Crippen LogP) is 1.77. The second-order valence-corrected chi connectivity index (χ2v) is 4.88. The van der Waals surface area contributed by atoms with Crippen molar-refractivity contribution < 1.29 is 14.7 Å². The second-order valence-electron chi connectivity index (χ2n) is 4.88. The fraction of sp³-hybridized carbons (Fsp3) is 0.467. The van der Waals surface area contributed by atoms with E-state index in [4.69, 9.17) is 5.73 Å². The van der Waals surface area contributed by atoms with Crippen LogP contribution in [0.15, 0.2) is 24.3 Å². The van der Waals surface area contributed by atoms with Crippen molar-refractivity contribution in [2.75, 3.05) is 6.54 Å². The molecule has 5 heteroatoms. The van der Waals surface area contributed by atoms with E-state index in [1.165, 1.54) is 0 Å². The van der Waals surface area contributed by atoms with E-state index in [2.05, 4.69) is 5.32 Å². The van der Waals surface area contributed by atoms with Crippen molar-refractivity contribution in [3.8, 4) is 0 Å². The highest BCUT2D eigenvalue weighted by atomic mass is 16.4. The van der Waals surface area contributed by atoms with Crippen molar-refractivity contribution >= 4 is 11.9 Å². The molecule has 5 nitrogen and oxygen atoms in total. The third-order valence-corrected chi connectivity index (χ3v) is 3.85. The number of hydrogen-bond acceptors (Lipinski definition) is 3. The maximum Gasteiger partial charge on any atom is 0.311 e. The molecule has 0 fully saturated rings. The molecular weight excluding hydrogens is 256 g/mol. The van der Waals surface area contributed by atoms with Crippen LogP contribution in [-0.2, 0) is 11.3 Å². The zero-order chi connectivity index (χ0) is 15.2. The Bertz CT molecular complexity index is 465. The zero-order valence-corrected chi connectivity index (χ0v) is 12.0. The van der Waals surface area contributed by atoms with Crippen LogP contribution >= 0.6 is 0 Å². The molecular formula is C15H22N2O3. The molecule has 0 spiro atoms. The molecule has 1 rings (SSSR count). The van der Waals surface area contributed by atoms with Gasteiger partial charge in [-0.05, 0) is 30.5 Å². The van der Waals surface area contributed by atoms with Crippen LogP contribution in [0.3, 0.4) is 0 Å². The maximum absolute atomic E-state index is 12.0. The summed E-state index contributed by atoms with van der Waals surface area (Å²) in [4.78, 5) is 23.4. The number of carboxylic acids is 1. The Kier molecular flexibility index (Phi) is 5.70. The van der Waals surface area contributed by atoms with E-state index in [0.717, 1.165) is 5.56 Å². The minimum atomic E-state index is -0.896. The first kappa shape index (κ1) is 16.2. The lowest BCUT2D eigenvalue weighted by molar-refractivity contribution is -0.149. The molecule has 0 saturated carbocycles. The average molecular weight is 278 g/mol. The van der Waals surface area contributed by atoms with Gasteiger partial charge in [-0.1, -0.05) is 26.0 Å². The molecule has 1 aromatic carbocycles. The molecule has 0 radical (unpaired) electrons. The first-order chi connectivity index (χ1) is 9.49. The molecule has 0 unspecified atom stereocenters. The first-order valence-electron chi connectivity index (χ1n) is 6.79. The Morgan fingerprint density at radius 2 is 1.75 bits per heavy atom. The standard InChI is InChI=1S/C15H22N2O3/c1-3-15(4-2,14(19)20)10-17-13(18)12-7-5-11(9-16)6-8-12/h5-8H,3-4,9-10,16H2,1-2H3,(H,17,18)(H,19,20). The van der Waals surface area contributed by atoms with Crippen LogP contribution in [0.5, 0.6) is 0 Å². The van der Waals surface area contributed by atoms with E-state index in [9.17, 15) is 14.7 Å². The van der Waals surface area contributed by atoms with Crippen molar-refractivity contribution in [1.82, 2.24) is 5.32 Å². The molecule has 110 valence electrons. The number of amides is 1. The van der Waals surface area contributed by atoms with Gasteiger partial charge in [0.1, 0.15) is 0 Å². The fourth-order valence-electron chi connectivity index (χ4n) is 2.02. The van der Waals surface area contributed by atoms with Gasteiger partial charge in [-0.3, -0.25) is 9.59 Å². The molecule has 0 aliphatic carbocycles. The second kappa shape index (κ2) is 7.05. The SMILES string of the molecule is CCC(CC)(CNC(=O)c1ccc(CN)cc1)C(=O)O. The van der Waals surface area contributed by atoms with Crippen molar-refractivity contribution in [2.45, 2.75) is 33.2 Å². The number of carbonyl (C=O) groups is 2. The van der Waals surface area contributed by atoms with E-state index >= 15 is 0 Å². The van der Waals surface area contributed by atoms with Gasteiger partial charge in [-0.15, -0.1) is 0 Å². The van der Waals surface area contributed by atoms with Gasteiger partial charge in [0, 0.05) is 18.7 Å². The van der Waals surface area contributed by atoms with Gasteiger partial charge in [-0.25, -0.2) is 0 Å². The number of nitrogens with one attached hydrogen (secondary N) is 1. The average Bonchev–Trinajstić information content (AvgIpc) is 2.48. The predicted molar refractivity (Wildman–Crippen MR) is 77.3 cm³/mol. The quantitative estimate of drug-likeness (QED) is 0.708. The molecule has 0 atom stereocenters. The highest BCUT2D eigenvalue weighted by molar-refractivity contribution is 5.94. The molecule has 1 amide bonds. The molecule has 20 heavy (non-hydrogen) atoms. The van der Waals surface area contributed by atoms with Crippen molar-refractivity contribution in [2.24, 2.45) is 11.1 Å². The van der Waals surface area contributed by atoms with Crippen LogP contribution in [0.4, 0.5) is 0 Å². The summed E-state index contributed by atoms with van der Waals surface area (Å²) in [5, 5.41) is 12.0. The first-order valence-corrected chi connectivity index (χ1v) is 6.79. The summed E-state index contributed by atoms with van der Waals surface area (Å²) in [5.41, 5.74) is 6.06. The molecule has 0 aliphatic rings. The van der Waals surface area contributed by atoms with Crippen LogP contribution in [-0.4, -0.2) is 23.5 Å². The van der Waals surface area contributed by atoms with Crippen molar-refractivity contribution in [3.63, 3.8) is 0 Å². The highest BCUT2D eigenvalue weighted by Crippen LogP contribution is 2.25. The summed E-state index contributed by atoms with van der Waals surface area (Å²) in [7, 11) is 0. The normalized spacial score (nSPS) is 11.2. The lowest BCUT2D eigenvalue weighted by atomic mass is 9.82. The van der Waals surface area contributed by atoms with E-state index < -0.39 is 11.4 Å². The van der Waals surface area contributed by atoms with E-state index in [-0.39, 0.29) is 12.5 Å². The Hall–Kier alpha value is -1.88. The smallest absolute Gasteiger partial charge is 0.311 e. The minimum absolute atomic E-state index is 0.132. The summed E-state index contributed by atoms with van der Waals surface area (Å²) in [6, 6.07) is 6.97. The molecule has 0 aliphatic heterocycles. The summed E-state index contributed by atoms with van der Waals surface area (Å²) in [6.45, 7) is 4.20. The Labute approximate surface area is 119 Å². The van der Waals surface area contributed by atoms with Gasteiger partial charge in [0.15, 0.2) is 0 Å². The number of hydrogen-bond donors (Lipinski definition) is 3. The molecule has 4 N–H and O–H groups in total. The third-order valence-electron chi connectivity index (χ3n) is 3.85. The van der Waals surface area contributed by atoms with Gasteiger partial charge in [0.25, 0.3) is 5.91 Å². The van der Waals surface area contributed by atoms with Crippen LogP contribution in [0.1, 0.15) is 42.6 Å². The van der Waals surface area contributed by atoms with Crippen LogP contribution in [0, 0.1) is 5.41 Å². The van der Waals surface area contributed by atoms with Crippen LogP contribution in [0.2, 0.25) is 0 Å². The minimum Gasteiger partial charge on any atom is -0.481 e. The summed E-state index contributed by atoms with van der Waals surface area (Å²) >= 11 is 0. The number of nitrogens with two attached hydrogens (primary N) is 1. The molecule has 0 heterocycles. The fourth-order valence-corrected chi connectivity index (χ4v) is 2.02. The number of carboxylic acid groups (broad SMARTS) is 1. The van der Waals surface area contributed by atoms with Gasteiger partial charge in [-0.2, -0.15) is 0 Å².